The highest BCUT2D eigenvalue weighted by atomic mass is 14.1. The maximum atomic E-state index is 2.51. The Morgan fingerprint density at radius 3 is 0.676 bits per heavy atom. The molecule has 0 N–H and O–H groups in total. The average molecular weight is 521 g/mol. The molecule has 2 atom stereocenters. The van der Waals surface area contributed by atoms with Gasteiger partial charge in [-0.1, -0.05) is 227 Å². The quantitative estimate of drug-likeness (QED) is 0.0773. The van der Waals surface area contributed by atoms with E-state index >= 15 is 0 Å². The smallest absolute Gasteiger partial charge is 0.0443 e. The summed E-state index contributed by atoms with van der Waals surface area (Å²) >= 11 is 0. The number of hydrogen-bond acceptors (Lipinski definition) is 0. The first-order valence-corrected chi connectivity index (χ1v) is 18.2. The van der Waals surface area contributed by atoms with E-state index in [1.807, 2.05) is 0 Å². The molecule has 0 nitrogen and oxygen atoms in total. The lowest BCUT2D eigenvalue weighted by atomic mass is 9.92. The van der Waals surface area contributed by atoms with Gasteiger partial charge in [0.15, 0.2) is 0 Å². The van der Waals surface area contributed by atoms with Crippen LogP contribution >= 0.6 is 0 Å². The van der Waals surface area contributed by atoms with Crippen LogP contribution in [-0.4, -0.2) is 0 Å². The summed E-state index contributed by atoms with van der Waals surface area (Å²) in [7, 11) is 0. The highest BCUT2D eigenvalue weighted by Crippen LogP contribution is 2.22. The third-order valence-corrected chi connectivity index (χ3v) is 8.99. The van der Waals surface area contributed by atoms with Gasteiger partial charge in [-0.05, 0) is 11.8 Å². The molecule has 0 amide bonds. The zero-order chi connectivity index (χ0) is 27.1. The van der Waals surface area contributed by atoms with Gasteiger partial charge in [-0.3, -0.25) is 0 Å². The fraction of sp³-hybridized carbons (Fsp3) is 1.00. The molecule has 0 aromatic carbocycles. The number of unbranched alkanes of at least 4 members (excludes halogenated alkanes) is 24. The fourth-order valence-electron chi connectivity index (χ4n) is 6.12. The SMILES string of the molecule is CCCCCCCCCCCCCCCCCCCCCCC(C)CCCC(C)CCCCCCCC. The molecule has 37 heavy (non-hydrogen) atoms. The molecule has 0 rings (SSSR count). The van der Waals surface area contributed by atoms with E-state index in [1.165, 1.54) is 199 Å². The van der Waals surface area contributed by atoms with Gasteiger partial charge in [0.2, 0.25) is 0 Å². The van der Waals surface area contributed by atoms with Crippen LogP contribution in [0.2, 0.25) is 0 Å². The Balaban J connectivity index is 3.20. The second-order valence-electron chi connectivity index (χ2n) is 13.2. The number of hydrogen-bond donors (Lipinski definition) is 0. The van der Waals surface area contributed by atoms with Gasteiger partial charge in [0.25, 0.3) is 0 Å². The van der Waals surface area contributed by atoms with Crippen molar-refractivity contribution in [1.82, 2.24) is 0 Å². The van der Waals surface area contributed by atoms with Crippen LogP contribution in [0.5, 0.6) is 0 Å². The van der Waals surface area contributed by atoms with E-state index < -0.39 is 0 Å². The summed E-state index contributed by atoms with van der Waals surface area (Å²) < 4.78 is 0. The van der Waals surface area contributed by atoms with Gasteiger partial charge in [-0.2, -0.15) is 0 Å². The molecule has 0 spiro atoms. The van der Waals surface area contributed by atoms with Crippen molar-refractivity contribution in [2.24, 2.45) is 11.8 Å². The minimum absolute atomic E-state index is 0.955. The predicted molar refractivity (Wildman–Crippen MR) is 173 cm³/mol. The van der Waals surface area contributed by atoms with Crippen molar-refractivity contribution in [1.29, 1.82) is 0 Å². The Bertz CT molecular complexity index is 385. The molecule has 0 heteroatoms. The maximum absolute atomic E-state index is 2.51. The van der Waals surface area contributed by atoms with Crippen LogP contribution in [-0.2, 0) is 0 Å². The van der Waals surface area contributed by atoms with Crippen molar-refractivity contribution in [3.8, 4) is 0 Å². The van der Waals surface area contributed by atoms with Gasteiger partial charge in [0.1, 0.15) is 0 Å². The van der Waals surface area contributed by atoms with Gasteiger partial charge >= 0.3 is 0 Å². The minimum Gasteiger partial charge on any atom is -0.0654 e. The average Bonchev–Trinajstić information content (AvgIpc) is 2.89. The van der Waals surface area contributed by atoms with Crippen LogP contribution in [0.4, 0.5) is 0 Å². The van der Waals surface area contributed by atoms with E-state index in [4.69, 9.17) is 0 Å². The zero-order valence-electron chi connectivity index (χ0n) is 27.1. The monoisotopic (exact) mass is 521 g/mol. The molecular weight excluding hydrogens is 444 g/mol. The lowest BCUT2D eigenvalue weighted by Crippen LogP contribution is -1.99. The summed E-state index contributed by atoms with van der Waals surface area (Å²) in [6.45, 7) is 9.62. The van der Waals surface area contributed by atoms with E-state index in [1.54, 1.807) is 0 Å². The largest absolute Gasteiger partial charge is 0.0654 e. The lowest BCUT2D eigenvalue weighted by Gasteiger charge is -2.14. The summed E-state index contributed by atoms with van der Waals surface area (Å²) in [5, 5.41) is 0. The fourth-order valence-corrected chi connectivity index (χ4v) is 6.12. The molecule has 0 aromatic rings. The van der Waals surface area contributed by atoms with Crippen LogP contribution in [0.15, 0.2) is 0 Å². The van der Waals surface area contributed by atoms with E-state index in [0.29, 0.717) is 0 Å². The third kappa shape index (κ3) is 32.1. The molecule has 0 saturated carbocycles. The molecule has 0 aliphatic rings. The van der Waals surface area contributed by atoms with Crippen LogP contribution in [0.1, 0.15) is 227 Å². The predicted octanol–water partition coefficient (Wildman–Crippen LogP) is 14.4. The van der Waals surface area contributed by atoms with Crippen LogP contribution in [0.3, 0.4) is 0 Å². The summed E-state index contributed by atoms with van der Waals surface area (Å²) in [6, 6.07) is 0. The Morgan fingerprint density at radius 1 is 0.243 bits per heavy atom. The van der Waals surface area contributed by atoms with Crippen LogP contribution in [0.25, 0.3) is 0 Å². The van der Waals surface area contributed by atoms with Crippen LogP contribution in [0, 0.1) is 11.8 Å². The topological polar surface area (TPSA) is 0 Å². The molecular formula is C37H76. The highest BCUT2D eigenvalue weighted by Gasteiger charge is 2.06. The first-order chi connectivity index (χ1) is 18.2. The van der Waals surface area contributed by atoms with Gasteiger partial charge in [-0.25, -0.2) is 0 Å². The number of rotatable bonds is 32. The standard InChI is InChI=1S/C37H76/c1-5-7-9-11-13-14-15-16-17-18-19-20-21-22-23-24-25-26-28-30-33-37(4)35-31-34-36(3)32-29-27-12-10-8-6-2/h36-37H,5-35H2,1-4H3. The molecule has 0 bridgehead atoms. The zero-order valence-corrected chi connectivity index (χ0v) is 27.1. The molecule has 0 radical (unpaired) electrons. The second-order valence-corrected chi connectivity index (χ2v) is 13.2. The van der Waals surface area contributed by atoms with E-state index in [2.05, 4.69) is 27.7 Å². The lowest BCUT2D eigenvalue weighted by molar-refractivity contribution is 0.390. The minimum atomic E-state index is 0.955. The van der Waals surface area contributed by atoms with Crippen molar-refractivity contribution in [2.75, 3.05) is 0 Å². The summed E-state index contributed by atoms with van der Waals surface area (Å²) in [5.41, 5.74) is 0. The molecule has 0 saturated heterocycles. The molecule has 0 aliphatic heterocycles. The van der Waals surface area contributed by atoms with Crippen molar-refractivity contribution in [2.45, 2.75) is 227 Å². The van der Waals surface area contributed by atoms with Gasteiger partial charge in [0.05, 0.1) is 0 Å². The molecule has 0 aromatic heterocycles. The molecule has 2 unspecified atom stereocenters. The summed E-state index contributed by atoms with van der Waals surface area (Å²) in [5.74, 6) is 1.91. The maximum Gasteiger partial charge on any atom is -0.0443 e. The molecule has 0 heterocycles. The van der Waals surface area contributed by atoms with Crippen molar-refractivity contribution in [3.63, 3.8) is 0 Å². The Hall–Kier alpha value is 0. The van der Waals surface area contributed by atoms with Crippen LogP contribution < -0.4 is 0 Å². The molecule has 224 valence electrons. The second kappa shape index (κ2) is 32.2. The Labute approximate surface area is 238 Å². The molecule has 0 aliphatic carbocycles. The van der Waals surface area contributed by atoms with Crippen molar-refractivity contribution < 1.29 is 0 Å². The Morgan fingerprint density at radius 2 is 0.432 bits per heavy atom. The normalized spacial score (nSPS) is 13.3. The van der Waals surface area contributed by atoms with Crippen molar-refractivity contribution in [3.05, 3.63) is 0 Å². The first-order valence-electron chi connectivity index (χ1n) is 18.2. The third-order valence-electron chi connectivity index (χ3n) is 8.99. The highest BCUT2D eigenvalue weighted by molar-refractivity contribution is 4.59. The Kier molecular flexibility index (Phi) is 32.2. The van der Waals surface area contributed by atoms with E-state index in [9.17, 15) is 0 Å². The summed E-state index contributed by atoms with van der Waals surface area (Å²) in [6.07, 6.45) is 45.6. The van der Waals surface area contributed by atoms with E-state index in [0.717, 1.165) is 11.8 Å². The van der Waals surface area contributed by atoms with Gasteiger partial charge < -0.3 is 0 Å². The molecule has 0 fully saturated rings. The first kappa shape index (κ1) is 37.0. The van der Waals surface area contributed by atoms with Gasteiger partial charge in [-0.15, -0.1) is 0 Å². The van der Waals surface area contributed by atoms with Crippen molar-refractivity contribution >= 4 is 0 Å². The van der Waals surface area contributed by atoms with Gasteiger partial charge in [0, 0.05) is 0 Å². The van der Waals surface area contributed by atoms with E-state index in [-0.39, 0.29) is 0 Å². The summed E-state index contributed by atoms with van der Waals surface area (Å²) in [4.78, 5) is 0.